The molecule has 0 aliphatic carbocycles. The summed E-state index contributed by atoms with van der Waals surface area (Å²) in [7, 11) is 0. The second kappa shape index (κ2) is 14.8. The Bertz CT molecular complexity index is 296. The van der Waals surface area contributed by atoms with Crippen molar-refractivity contribution in [1.29, 1.82) is 0 Å². The van der Waals surface area contributed by atoms with Crippen molar-refractivity contribution in [2.45, 2.75) is 77.0 Å². The van der Waals surface area contributed by atoms with Gasteiger partial charge in [-0.1, -0.05) is 57.4 Å². The highest BCUT2D eigenvalue weighted by molar-refractivity contribution is 8.93. The molecule has 0 radical (unpaired) electrons. The van der Waals surface area contributed by atoms with E-state index in [-0.39, 0.29) is 17.0 Å². The molecule has 1 aromatic rings. The predicted molar refractivity (Wildman–Crippen MR) is 93.6 cm³/mol. The molecule has 0 unspecified atom stereocenters. The smallest absolute Gasteiger partial charge is 0.105 e. The van der Waals surface area contributed by atoms with Crippen molar-refractivity contribution in [3.63, 3.8) is 0 Å². The largest absolute Gasteiger partial charge is 0.349 e. The van der Waals surface area contributed by atoms with Gasteiger partial charge in [-0.25, -0.2) is 4.98 Å². The van der Waals surface area contributed by atoms with Gasteiger partial charge in [0, 0.05) is 18.8 Å². The molecule has 0 amide bonds. The molecule has 0 saturated carbocycles. The zero-order valence-corrected chi connectivity index (χ0v) is 14.5. The van der Waals surface area contributed by atoms with Crippen LogP contribution in [0.4, 0.5) is 0 Å². The third kappa shape index (κ3) is 11.3. The Balaban J connectivity index is 0.00000361. The van der Waals surface area contributed by atoms with E-state index < -0.39 is 0 Å². The number of aromatic nitrogens is 2. The minimum atomic E-state index is 0. The molecule has 0 aromatic carbocycles. The summed E-state index contributed by atoms with van der Waals surface area (Å²) < 4.78 is 0. The van der Waals surface area contributed by atoms with Crippen LogP contribution in [-0.4, -0.2) is 9.97 Å². The molecule has 0 aliphatic rings. The molecule has 1 rings (SSSR count). The fourth-order valence-electron chi connectivity index (χ4n) is 2.43. The van der Waals surface area contributed by atoms with Gasteiger partial charge in [0.15, 0.2) is 0 Å². The summed E-state index contributed by atoms with van der Waals surface area (Å²) in [5, 5.41) is 0. The van der Waals surface area contributed by atoms with Gasteiger partial charge in [-0.15, -0.1) is 23.6 Å². The fourth-order valence-corrected chi connectivity index (χ4v) is 2.43. The summed E-state index contributed by atoms with van der Waals surface area (Å²) in [5.74, 6) is 1.14. The van der Waals surface area contributed by atoms with Gasteiger partial charge in [0.25, 0.3) is 0 Å². The number of nitrogens with zero attached hydrogens (tertiary/aromatic N) is 1. The highest BCUT2D eigenvalue weighted by Crippen LogP contribution is 2.12. The maximum atomic E-state index is 4.24. The van der Waals surface area contributed by atoms with Gasteiger partial charge in [0.1, 0.15) is 5.82 Å². The topological polar surface area (TPSA) is 28.7 Å². The van der Waals surface area contributed by atoms with E-state index in [0.29, 0.717) is 0 Å². The first kappa shape index (κ1) is 19.4. The third-order valence-electron chi connectivity index (χ3n) is 3.63. The van der Waals surface area contributed by atoms with E-state index in [2.05, 4.69) is 16.5 Å². The molecule has 20 heavy (non-hydrogen) atoms. The van der Waals surface area contributed by atoms with Crippen LogP contribution in [0.1, 0.15) is 76.5 Å². The Morgan fingerprint density at radius 2 is 1.45 bits per heavy atom. The number of rotatable bonds is 13. The summed E-state index contributed by atoms with van der Waals surface area (Å²) in [6.45, 7) is 3.75. The fraction of sp³-hybridized carbons (Fsp3) is 0.706. The molecule has 1 aromatic heterocycles. The molecule has 0 bridgehead atoms. The number of nitrogens with one attached hydrogen (secondary N) is 1. The van der Waals surface area contributed by atoms with Gasteiger partial charge in [0.2, 0.25) is 0 Å². The number of hydrogen-bond donors (Lipinski definition) is 1. The van der Waals surface area contributed by atoms with Crippen LogP contribution in [0.5, 0.6) is 0 Å². The zero-order chi connectivity index (χ0) is 13.6. The molecule has 0 saturated heterocycles. The van der Waals surface area contributed by atoms with Crippen molar-refractivity contribution in [2.24, 2.45) is 0 Å². The van der Waals surface area contributed by atoms with E-state index in [9.17, 15) is 0 Å². The first-order valence-corrected chi connectivity index (χ1v) is 8.02. The Labute approximate surface area is 135 Å². The van der Waals surface area contributed by atoms with E-state index >= 15 is 0 Å². The predicted octanol–water partition coefficient (Wildman–Crippen LogP) is 6.01. The Morgan fingerprint density at radius 3 is 1.95 bits per heavy atom. The van der Waals surface area contributed by atoms with Crippen LogP contribution >= 0.6 is 17.0 Å². The van der Waals surface area contributed by atoms with Crippen molar-refractivity contribution in [2.75, 3.05) is 0 Å². The Kier molecular flexibility index (Phi) is 14.4. The van der Waals surface area contributed by atoms with Crippen LogP contribution in [0.15, 0.2) is 25.0 Å². The maximum Gasteiger partial charge on any atom is 0.105 e. The standard InChI is InChI=1S/C17H30N2.BrH/c1-2-3-4-5-6-7-8-9-10-11-12-13-14-17-18-15-16-19-17;/h2,15-16H,1,3-14H2,(H,18,19);1H. The lowest BCUT2D eigenvalue weighted by Crippen LogP contribution is -1.88. The van der Waals surface area contributed by atoms with Gasteiger partial charge in [0.05, 0.1) is 0 Å². The van der Waals surface area contributed by atoms with E-state index in [0.717, 1.165) is 12.2 Å². The van der Waals surface area contributed by atoms with Crippen molar-refractivity contribution in [3.05, 3.63) is 30.9 Å². The molecule has 2 nitrogen and oxygen atoms in total. The van der Waals surface area contributed by atoms with E-state index in [1.54, 1.807) is 0 Å². The highest BCUT2D eigenvalue weighted by Gasteiger charge is 1.95. The summed E-state index contributed by atoms with van der Waals surface area (Å²) >= 11 is 0. The lowest BCUT2D eigenvalue weighted by molar-refractivity contribution is 0.551. The van der Waals surface area contributed by atoms with Crippen molar-refractivity contribution in [3.8, 4) is 0 Å². The van der Waals surface area contributed by atoms with E-state index in [1.165, 1.54) is 70.6 Å². The van der Waals surface area contributed by atoms with Crippen molar-refractivity contribution >= 4 is 17.0 Å². The van der Waals surface area contributed by atoms with Crippen molar-refractivity contribution < 1.29 is 0 Å². The molecular weight excluding hydrogens is 312 g/mol. The number of aromatic amines is 1. The molecular formula is C17H31BrN2. The highest BCUT2D eigenvalue weighted by atomic mass is 79.9. The SMILES string of the molecule is Br.C=CCCCCCCCCCCCCc1ncc[nH]1. The van der Waals surface area contributed by atoms with Gasteiger partial charge >= 0.3 is 0 Å². The number of imidazole rings is 1. The molecule has 0 fully saturated rings. The summed E-state index contributed by atoms with van der Waals surface area (Å²) in [5.41, 5.74) is 0. The van der Waals surface area contributed by atoms with Crippen LogP contribution < -0.4 is 0 Å². The molecule has 0 spiro atoms. The first-order chi connectivity index (χ1) is 9.43. The van der Waals surface area contributed by atoms with Crippen molar-refractivity contribution in [1.82, 2.24) is 9.97 Å². The lowest BCUT2D eigenvalue weighted by atomic mass is 10.1. The Morgan fingerprint density at radius 1 is 0.900 bits per heavy atom. The van der Waals surface area contributed by atoms with Gasteiger partial charge in [-0.05, 0) is 19.3 Å². The third-order valence-corrected chi connectivity index (χ3v) is 3.63. The summed E-state index contributed by atoms with van der Waals surface area (Å²) in [4.78, 5) is 7.40. The van der Waals surface area contributed by atoms with Crippen LogP contribution in [0.3, 0.4) is 0 Å². The minimum absolute atomic E-state index is 0. The first-order valence-electron chi connectivity index (χ1n) is 8.02. The molecule has 1 N–H and O–H groups in total. The second-order valence-electron chi connectivity index (χ2n) is 5.40. The van der Waals surface area contributed by atoms with Gasteiger partial charge < -0.3 is 4.98 Å². The molecule has 1 heterocycles. The lowest BCUT2D eigenvalue weighted by Gasteiger charge is -2.02. The molecule has 0 atom stereocenters. The minimum Gasteiger partial charge on any atom is -0.349 e. The van der Waals surface area contributed by atoms with E-state index in [1.807, 2.05) is 18.5 Å². The summed E-state index contributed by atoms with van der Waals surface area (Å²) in [6, 6.07) is 0. The molecule has 0 aliphatic heterocycles. The van der Waals surface area contributed by atoms with Gasteiger partial charge in [-0.2, -0.15) is 0 Å². The molecule has 3 heteroatoms. The summed E-state index contributed by atoms with van der Waals surface area (Å²) in [6.07, 6.45) is 21.9. The monoisotopic (exact) mass is 342 g/mol. The number of allylic oxidation sites excluding steroid dienone is 1. The number of halogens is 1. The Hall–Kier alpha value is -0.570. The number of hydrogen-bond acceptors (Lipinski definition) is 1. The average molecular weight is 343 g/mol. The van der Waals surface area contributed by atoms with Gasteiger partial charge in [-0.3, -0.25) is 0 Å². The normalized spacial score (nSPS) is 10.2. The second-order valence-corrected chi connectivity index (χ2v) is 5.40. The number of unbranched alkanes of at least 4 members (excludes halogenated alkanes) is 10. The van der Waals surface area contributed by atoms with Crippen LogP contribution in [-0.2, 0) is 6.42 Å². The quantitative estimate of drug-likeness (QED) is 0.345. The zero-order valence-electron chi connectivity index (χ0n) is 12.8. The molecule has 116 valence electrons. The number of H-pyrrole nitrogens is 1. The number of aryl methyl sites for hydroxylation is 1. The van der Waals surface area contributed by atoms with E-state index in [4.69, 9.17) is 0 Å². The van der Waals surface area contributed by atoms with Crippen LogP contribution in [0.2, 0.25) is 0 Å². The average Bonchev–Trinajstić information content (AvgIpc) is 2.93. The maximum absolute atomic E-state index is 4.24. The van der Waals surface area contributed by atoms with Crippen LogP contribution in [0, 0.1) is 0 Å². The van der Waals surface area contributed by atoms with Crippen LogP contribution in [0.25, 0.3) is 0 Å².